The van der Waals surface area contributed by atoms with Crippen molar-refractivity contribution >= 4 is 19.8 Å². The molecule has 7 heteroatoms. The van der Waals surface area contributed by atoms with Crippen LogP contribution in [0.25, 0.3) is 0 Å². The van der Waals surface area contributed by atoms with E-state index in [0.717, 1.165) is 11.1 Å². The van der Waals surface area contributed by atoms with Crippen molar-refractivity contribution < 1.29 is 23.8 Å². The van der Waals surface area contributed by atoms with E-state index >= 15 is 0 Å². The number of hydrogen-bond donors (Lipinski definition) is 1. The van der Waals surface area contributed by atoms with E-state index < -0.39 is 35.5 Å². The maximum absolute atomic E-state index is 13.0. The van der Waals surface area contributed by atoms with Gasteiger partial charge in [-0.2, -0.15) is 0 Å². The van der Waals surface area contributed by atoms with Gasteiger partial charge in [0.25, 0.3) is 0 Å². The van der Waals surface area contributed by atoms with Crippen molar-refractivity contribution in [3.05, 3.63) is 71.8 Å². The number of carbonyl (C=O) groups excluding carboxylic acids is 2. The van der Waals surface area contributed by atoms with Gasteiger partial charge in [0.2, 0.25) is 0 Å². The molecule has 0 amide bonds. The second-order valence-electron chi connectivity index (χ2n) is 7.85. The molecule has 2 unspecified atom stereocenters. The number of hydrogen-bond acceptors (Lipinski definition) is 6. The van der Waals surface area contributed by atoms with Crippen LogP contribution in [0.5, 0.6) is 0 Å². The van der Waals surface area contributed by atoms with Gasteiger partial charge in [-0.05, 0) is 18.1 Å². The molecule has 30 heavy (non-hydrogen) atoms. The van der Waals surface area contributed by atoms with Gasteiger partial charge in [0.15, 0.2) is 0 Å². The van der Waals surface area contributed by atoms with Crippen LogP contribution in [-0.4, -0.2) is 43.5 Å². The minimum atomic E-state index is -1.09. The lowest BCUT2D eigenvalue weighted by Gasteiger charge is -2.36. The van der Waals surface area contributed by atoms with Crippen molar-refractivity contribution in [2.45, 2.75) is 50.2 Å². The Morgan fingerprint density at radius 2 is 1.57 bits per heavy atom. The minimum Gasteiger partial charge on any atom is -0.461 e. The molecule has 5 atom stereocenters. The molecule has 0 spiro atoms. The Labute approximate surface area is 177 Å². The Balaban J connectivity index is 1.44. The predicted molar refractivity (Wildman–Crippen MR) is 110 cm³/mol. The van der Waals surface area contributed by atoms with Crippen LogP contribution in [0.15, 0.2) is 60.7 Å². The third kappa shape index (κ3) is 4.00. The number of esters is 2. The standard InChI is InChI=1S/C23H24BNO5/c1-15-23(12-18(26)28-13-16-8-4-2-5-9-16)19(20(25-15)21(24)30-23)22(27)29-14-17-10-6-3-7-11-17/h2-11,15,19-21,25H,12-14H2,1H3/t15-,19?,20?,21+,23-/m0/s1. The Bertz CT molecular complexity index is 893. The summed E-state index contributed by atoms with van der Waals surface area (Å²) in [4.78, 5) is 25.6. The van der Waals surface area contributed by atoms with E-state index in [-0.39, 0.29) is 25.7 Å². The first-order valence-electron chi connectivity index (χ1n) is 10.1. The number of ether oxygens (including phenoxy) is 3. The zero-order valence-corrected chi connectivity index (χ0v) is 16.8. The van der Waals surface area contributed by atoms with Crippen molar-refractivity contribution in [3.8, 4) is 0 Å². The lowest BCUT2D eigenvalue weighted by atomic mass is 9.80. The number of carbonyl (C=O) groups is 2. The average Bonchev–Trinajstić information content (AvgIpc) is 3.19. The fraction of sp³-hybridized carbons (Fsp3) is 0.391. The topological polar surface area (TPSA) is 73.9 Å². The Morgan fingerprint density at radius 1 is 1.00 bits per heavy atom. The highest BCUT2D eigenvalue weighted by atomic mass is 16.6. The molecule has 2 fully saturated rings. The van der Waals surface area contributed by atoms with Crippen molar-refractivity contribution in [2.75, 3.05) is 0 Å². The normalized spacial score (nSPS) is 29.5. The van der Waals surface area contributed by atoms with E-state index in [0.29, 0.717) is 0 Å². The van der Waals surface area contributed by atoms with E-state index in [1.54, 1.807) is 0 Å². The van der Waals surface area contributed by atoms with Gasteiger partial charge in [-0.15, -0.1) is 0 Å². The summed E-state index contributed by atoms with van der Waals surface area (Å²) >= 11 is 0. The summed E-state index contributed by atoms with van der Waals surface area (Å²) in [6.07, 6.45) is -0.0801. The number of morpholine rings is 1. The van der Waals surface area contributed by atoms with Crippen LogP contribution in [0.4, 0.5) is 0 Å². The molecule has 4 rings (SSSR count). The maximum Gasteiger partial charge on any atom is 0.313 e. The van der Waals surface area contributed by atoms with Gasteiger partial charge in [0.05, 0.1) is 6.42 Å². The largest absolute Gasteiger partial charge is 0.461 e. The molecule has 2 heterocycles. The first-order valence-corrected chi connectivity index (χ1v) is 10.1. The smallest absolute Gasteiger partial charge is 0.313 e. The molecule has 2 aromatic carbocycles. The summed E-state index contributed by atoms with van der Waals surface area (Å²) in [5.74, 6) is -1.55. The fourth-order valence-electron chi connectivity index (χ4n) is 4.37. The molecule has 154 valence electrons. The molecule has 6 nitrogen and oxygen atoms in total. The van der Waals surface area contributed by atoms with E-state index in [1.807, 2.05) is 67.6 Å². The van der Waals surface area contributed by atoms with E-state index in [1.165, 1.54) is 0 Å². The zero-order valence-electron chi connectivity index (χ0n) is 16.8. The average molecular weight is 405 g/mol. The van der Waals surface area contributed by atoms with E-state index in [2.05, 4.69) is 5.32 Å². The number of nitrogens with one attached hydrogen (secondary N) is 1. The van der Waals surface area contributed by atoms with Gasteiger partial charge in [-0.1, -0.05) is 60.7 Å². The molecule has 2 saturated heterocycles. The highest BCUT2D eigenvalue weighted by molar-refractivity contribution is 6.12. The first kappa shape index (κ1) is 20.6. The van der Waals surface area contributed by atoms with E-state index in [4.69, 9.17) is 22.1 Å². The maximum atomic E-state index is 13.0. The number of benzene rings is 2. The molecule has 1 N–H and O–H groups in total. The van der Waals surface area contributed by atoms with Crippen molar-refractivity contribution in [1.29, 1.82) is 0 Å². The molecule has 2 aliphatic heterocycles. The van der Waals surface area contributed by atoms with Crippen molar-refractivity contribution in [3.63, 3.8) is 0 Å². The molecule has 2 aromatic rings. The van der Waals surface area contributed by atoms with Crippen molar-refractivity contribution in [1.82, 2.24) is 5.32 Å². The Hall–Kier alpha value is -2.64. The molecular formula is C23H24BNO5. The van der Waals surface area contributed by atoms with Gasteiger partial charge in [-0.25, -0.2) is 0 Å². The minimum absolute atomic E-state index is 0.0801. The molecule has 2 aliphatic rings. The summed E-state index contributed by atoms with van der Waals surface area (Å²) in [5, 5.41) is 3.29. The van der Waals surface area contributed by atoms with Crippen LogP contribution in [0.1, 0.15) is 24.5 Å². The summed E-state index contributed by atoms with van der Waals surface area (Å²) in [6, 6.07) is 17.5. The Morgan fingerprint density at radius 3 is 2.17 bits per heavy atom. The summed E-state index contributed by atoms with van der Waals surface area (Å²) in [7, 11) is 6.10. The van der Waals surface area contributed by atoms with Gasteiger partial charge in [-0.3, -0.25) is 9.59 Å². The predicted octanol–water partition coefficient (Wildman–Crippen LogP) is 2.10. The van der Waals surface area contributed by atoms with Crippen LogP contribution in [0.2, 0.25) is 0 Å². The Kier molecular flexibility index (Phi) is 5.93. The monoisotopic (exact) mass is 405 g/mol. The lowest BCUT2D eigenvalue weighted by molar-refractivity contribution is -0.163. The second kappa shape index (κ2) is 8.62. The molecule has 0 aromatic heterocycles. The molecular weight excluding hydrogens is 381 g/mol. The highest BCUT2D eigenvalue weighted by Gasteiger charge is 2.66. The van der Waals surface area contributed by atoms with Crippen LogP contribution in [0.3, 0.4) is 0 Å². The number of rotatable bonds is 7. The van der Waals surface area contributed by atoms with Gasteiger partial charge < -0.3 is 19.5 Å². The molecule has 2 bridgehead atoms. The third-order valence-corrected chi connectivity index (χ3v) is 5.91. The van der Waals surface area contributed by atoms with Crippen molar-refractivity contribution in [2.24, 2.45) is 5.92 Å². The molecule has 0 aliphatic carbocycles. The quantitative estimate of drug-likeness (QED) is 0.562. The summed E-state index contributed by atoms with van der Waals surface area (Å²) in [6.45, 7) is 2.20. The molecule has 2 radical (unpaired) electrons. The van der Waals surface area contributed by atoms with Gasteiger partial charge in [0.1, 0.15) is 32.6 Å². The highest BCUT2D eigenvalue weighted by Crippen LogP contribution is 2.47. The van der Waals surface area contributed by atoms with E-state index in [9.17, 15) is 9.59 Å². The zero-order chi connectivity index (χ0) is 21.1. The molecule has 0 saturated carbocycles. The third-order valence-electron chi connectivity index (χ3n) is 5.91. The summed E-state index contributed by atoms with van der Waals surface area (Å²) < 4.78 is 17.0. The first-order chi connectivity index (χ1) is 14.5. The van der Waals surface area contributed by atoms with Crippen LogP contribution in [-0.2, 0) is 37.0 Å². The van der Waals surface area contributed by atoms with Gasteiger partial charge >= 0.3 is 11.9 Å². The lowest BCUT2D eigenvalue weighted by Crippen LogP contribution is -2.53. The number of fused-ring (bicyclic) bond motifs is 2. The van der Waals surface area contributed by atoms with Crippen LogP contribution >= 0.6 is 0 Å². The van der Waals surface area contributed by atoms with Crippen LogP contribution in [0, 0.1) is 5.92 Å². The summed E-state index contributed by atoms with van der Waals surface area (Å²) in [5.41, 5.74) is 0.687. The van der Waals surface area contributed by atoms with Crippen LogP contribution < -0.4 is 5.32 Å². The second-order valence-corrected chi connectivity index (χ2v) is 7.85. The van der Waals surface area contributed by atoms with Gasteiger partial charge in [0, 0.05) is 18.1 Å². The fourth-order valence-corrected chi connectivity index (χ4v) is 4.37. The SMILES string of the molecule is [B][C@@H]1O[C@]2(CC(=O)OCc3ccccc3)C(C(=O)OCc3ccccc3)C1N[C@H]2C.